The van der Waals surface area contributed by atoms with Crippen LogP contribution in [-0.2, 0) is 6.42 Å². The Morgan fingerprint density at radius 2 is 1.89 bits per heavy atom. The van der Waals surface area contributed by atoms with Crippen molar-refractivity contribution in [2.75, 3.05) is 11.9 Å². The van der Waals surface area contributed by atoms with Crippen LogP contribution in [0.3, 0.4) is 0 Å². The van der Waals surface area contributed by atoms with Gasteiger partial charge in [-0.25, -0.2) is 18.7 Å². The minimum Gasteiger partial charge on any atom is -0.350 e. The number of rotatable bonds is 6. The van der Waals surface area contributed by atoms with Gasteiger partial charge in [-0.3, -0.25) is 4.79 Å². The van der Waals surface area contributed by atoms with Crippen LogP contribution in [0.15, 0.2) is 54.7 Å². The lowest BCUT2D eigenvalue weighted by molar-refractivity contribution is 0.0949. The van der Waals surface area contributed by atoms with Crippen molar-refractivity contribution in [3.63, 3.8) is 0 Å². The summed E-state index contributed by atoms with van der Waals surface area (Å²) in [5.41, 5.74) is 1.16. The van der Waals surface area contributed by atoms with Crippen molar-refractivity contribution >= 4 is 29.1 Å². The molecule has 1 amide bonds. The van der Waals surface area contributed by atoms with Crippen LogP contribution < -0.4 is 10.6 Å². The SMILES string of the molecule is O=C(NCCc1ccccc1F)c1ccnc(Nc2ccc(F)c(Cl)c2)n1. The number of carbonyl (C=O) groups excluding carboxylic acids is 1. The molecule has 0 aliphatic heterocycles. The molecule has 138 valence electrons. The maximum Gasteiger partial charge on any atom is 0.270 e. The molecule has 1 aromatic heterocycles. The van der Waals surface area contributed by atoms with Gasteiger partial charge in [0.25, 0.3) is 5.91 Å². The van der Waals surface area contributed by atoms with Gasteiger partial charge in [0.2, 0.25) is 5.95 Å². The topological polar surface area (TPSA) is 66.9 Å². The highest BCUT2D eigenvalue weighted by Crippen LogP contribution is 2.21. The molecule has 0 aliphatic rings. The molecule has 0 saturated heterocycles. The van der Waals surface area contributed by atoms with Gasteiger partial charge in [0, 0.05) is 18.4 Å². The second kappa shape index (κ2) is 8.55. The van der Waals surface area contributed by atoms with E-state index in [-0.39, 0.29) is 29.0 Å². The standard InChI is InChI=1S/C19H15ClF2N4O/c20-14-11-13(5-6-16(14)22)25-19-24-10-8-17(26-19)18(27)23-9-7-12-3-1-2-4-15(12)21/h1-6,8,10-11H,7,9H2,(H,23,27)(H,24,25,26). The maximum atomic E-state index is 13.6. The lowest BCUT2D eigenvalue weighted by Crippen LogP contribution is -2.27. The van der Waals surface area contributed by atoms with Crippen LogP contribution in [0.4, 0.5) is 20.4 Å². The quantitative estimate of drug-likeness (QED) is 0.666. The number of nitrogens with one attached hydrogen (secondary N) is 2. The molecule has 2 aromatic carbocycles. The molecule has 3 aromatic rings. The lowest BCUT2D eigenvalue weighted by atomic mass is 10.1. The number of hydrogen-bond acceptors (Lipinski definition) is 4. The van der Waals surface area contributed by atoms with E-state index in [1.807, 2.05) is 0 Å². The van der Waals surface area contributed by atoms with E-state index >= 15 is 0 Å². The summed E-state index contributed by atoms with van der Waals surface area (Å²) < 4.78 is 26.8. The lowest BCUT2D eigenvalue weighted by Gasteiger charge is -2.08. The number of benzene rings is 2. The van der Waals surface area contributed by atoms with Gasteiger partial charge < -0.3 is 10.6 Å². The molecule has 0 unspecified atom stereocenters. The monoisotopic (exact) mass is 388 g/mol. The summed E-state index contributed by atoms with van der Waals surface area (Å²) in [4.78, 5) is 20.4. The van der Waals surface area contributed by atoms with Gasteiger partial charge >= 0.3 is 0 Å². The Hall–Kier alpha value is -3.06. The number of hydrogen-bond donors (Lipinski definition) is 2. The summed E-state index contributed by atoms with van der Waals surface area (Å²) >= 11 is 5.73. The molecule has 3 rings (SSSR count). The zero-order valence-electron chi connectivity index (χ0n) is 14.0. The highest BCUT2D eigenvalue weighted by molar-refractivity contribution is 6.31. The molecule has 0 aliphatic carbocycles. The maximum absolute atomic E-state index is 13.6. The zero-order valence-corrected chi connectivity index (χ0v) is 14.8. The molecule has 0 spiro atoms. The molecule has 2 N–H and O–H groups in total. The number of nitrogens with zero attached hydrogens (tertiary/aromatic N) is 2. The average molecular weight is 389 g/mol. The Morgan fingerprint density at radius 1 is 1.07 bits per heavy atom. The van der Waals surface area contributed by atoms with E-state index < -0.39 is 11.7 Å². The van der Waals surface area contributed by atoms with Crippen molar-refractivity contribution in [3.8, 4) is 0 Å². The van der Waals surface area contributed by atoms with E-state index in [0.717, 1.165) is 0 Å². The van der Waals surface area contributed by atoms with Gasteiger partial charge in [0.05, 0.1) is 5.02 Å². The van der Waals surface area contributed by atoms with E-state index in [4.69, 9.17) is 11.6 Å². The highest BCUT2D eigenvalue weighted by atomic mass is 35.5. The first kappa shape index (κ1) is 18.7. The third kappa shape index (κ3) is 4.98. The molecular weight excluding hydrogens is 374 g/mol. The summed E-state index contributed by atoms with van der Waals surface area (Å²) in [7, 11) is 0. The molecular formula is C19H15ClF2N4O. The Morgan fingerprint density at radius 3 is 2.67 bits per heavy atom. The molecule has 0 fully saturated rings. The zero-order chi connectivity index (χ0) is 19.2. The van der Waals surface area contributed by atoms with Crippen LogP contribution >= 0.6 is 11.6 Å². The largest absolute Gasteiger partial charge is 0.350 e. The van der Waals surface area contributed by atoms with Crippen molar-refractivity contribution in [2.24, 2.45) is 0 Å². The van der Waals surface area contributed by atoms with Gasteiger partial charge in [-0.2, -0.15) is 0 Å². The number of halogens is 3. The summed E-state index contributed by atoms with van der Waals surface area (Å²) in [5, 5.41) is 5.50. The van der Waals surface area contributed by atoms with Gasteiger partial charge in [-0.05, 0) is 42.3 Å². The van der Waals surface area contributed by atoms with Crippen LogP contribution in [-0.4, -0.2) is 22.4 Å². The smallest absolute Gasteiger partial charge is 0.270 e. The second-order valence-corrected chi connectivity index (χ2v) is 6.02. The molecule has 1 heterocycles. The van der Waals surface area contributed by atoms with Crippen molar-refractivity contribution in [1.82, 2.24) is 15.3 Å². The van der Waals surface area contributed by atoms with Crippen LogP contribution in [0, 0.1) is 11.6 Å². The summed E-state index contributed by atoms with van der Waals surface area (Å²) in [6.07, 6.45) is 1.79. The van der Waals surface area contributed by atoms with Crippen LogP contribution in [0.2, 0.25) is 5.02 Å². The molecule has 0 saturated carbocycles. The van der Waals surface area contributed by atoms with Gasteiger partial charge in [-0.1, -0.05) is 29.8 Å². The third-order valence-corrected chi connectivity index (χ3v) is 3.99. The summed E-state index contributed by atoms with van der Waals surface area (Å²) in [6, 6.07) is 11.9. The summed E-state index contributed by atoms with van der Waals surface area (Å²) in [6.45, 7) is 0.264. The Balaban J connectivity index is 1.61. The first-order valence-corrected chi connectivity index (χ1v) is 8.47. The molecule has 0 bridgehead atoms. The average Bonchev–Trinajstić information content (AvgIpc) is 2.66. The first-order valence-electron chi connectivity index (χ1n) is 8.09. The predicted octanol–water partition coefficient (Wildman–Crippen LogP) is 4.12. The number of carbonyl (C=O) groups is 1. The highest BCUT2D eigenvalue weighted by Gasteiger charge is 2.10. The van der Waals surface area contributed by atoms with Gasteiger partial charge in [0.15, 0.2) is 0 Å². The van der Waals surface area contributed by atoms with Crippen LogP contribution in [0.25, 0.3) is 0 Å². The van der Waals surface area contributed by atoms with Crippen LogP contribution in [0.1, 0.15) is 16.1 Å². The van der Waals surface area contributed by atoms with Gasteiger partial charge in [-0.15, -0.1) is 0 Å². The number of amides is 1. The normalized spacial score (nSPS) is 10.5. The van der Waals surface area contributed by atoms with E-state index in [2.05, 4.69) is 20.6 Å². The van der Waals surface area contributed by atoms with Crippen molar-refractivity contribution in [3.05, 3.63) is 82.6 Å². The van der Waals surface area contributed by atoms with Gasteiger partial charge in [0.1, 0.15) is 17.3 Å². The summed E-state index contributed by atoms with van der Waals surface area (Å²) in [5.74, 6) is -1.09. The Labute approximate surface area is 159 Å². The second-order valence-electron chi connectivity index (χ2n) is 5.62. The number of aromatic nitrogens is 2. The minimum absolute atomic E-state index is 0.0398. The van der Waals surface area contributed by atoms with Crippen molar-refractivity contribution in [1.29, 1.82) is 0 Å². The Bertz CT molecular complexity index is 968. The van der Waals surface area contributed by atoms with Crippen molar-refractivity contribution in [2.45, 2.75) is 6.42 Å². The minimum atomic E-state index is -0.536. The van der Waals surface area contributed by atoms with E-state index in [1.54, 1.807) is 18.2 Å². The fourth-order valence-electron chi connectivity index (χ4n) is 2.35. The van der Waals surface area contributed by atoms with E-state index in [9.17, 15) is 13.6 Å². The molecule has 5 nitrogen and oxygen atoms in total. The number of anilines is 2. The third-order valence-electron chi connectivity index (χ3n) is 3.70. The Kier molecular flexibility index (Phi) is 5.93. The predicted molar refractivity (Wildman–Crippen MR) is 99.2 cm³/mol. The molecule has 8 heteroatoms. The first-order chi connectivity index (χ1) is 13.0. The fourth-order valence-corrected chi connectivity index (χ4v) is 2.53. The van der Waals surface area contributed by atoms with Crippen molar-refractivity contribution < 1.29 is 13.6 Å². The van der Waals surface area contributed by atoms with E-state index in [1.165, 1.54) is 36.5 Å². The molecule has 0 radical (unpaired) electrons. The fraction of sp³-hybridized carbons (Fsp3) is 0.105. The van der Waals surface area contributed by atoms with E-state index in [0.29, 0.717) is 17.7 Å². The molecule has 0 atom stereocenters. The van der Waals surface area contributed by atoms with Crippen LogP contribution in [0.5, 0.6) is 0 Å². The molecule has 27 heavy (non-hydrogen) atoms.